The van der Waals surface area contributed by atoms with Crippen LogP contribution in [0.1, 0.15) is 6.23 Å². The van der Waals surface area contributed by atoms with Crippen LogP contribution in [0.5, 0.6) is 0 Å². The third-order valence-corrected chi connectivity index (χ3v) is 7.39. The van der Waals surface area contributed by atoms with Crippen molar-refractivity contribution in [1.82, 2.24) is 9.55 Å². The van der Waals surface area contributed by atoms with Crippen molar-refractivity contribution in [3.63, 3.8) is 0 Å². The first-order chi connectivity index (χ1) is 14.0. The Balaban J connectivity index is 2.21. The first-order valence-corrected chi connectivity index (χ1v) is 12.1. The highest BCUT2D eigenvalue weighted by Crippen LogP contribution is 2.66. The number of hydrogen-bond donors (Lipinski definition) is 6. The summed E-state index contributed by atoms with van der Waals surface area (Å²) >= 11 is 0. The maximum atomic E-state index is 14.6. The van der Waals surface area contributed by atoms with Crippen molar-refractivity contribution in [2.75, 3.05) is 12.3 Å². The van der Waals surface area contributed by atoms with Crippen LogP contribution in [0.2, 0.25) is 0 Å². The molecule has 0 saturated carbocycles. The zero-order valence-electron chi connectivity index (χ0n) is 14.9. The number of phosphoric acid groups is 3. The minimum Gasteiger partial charge on any atom is -0.386 e. The van der Waals surface area contributed by atoms with Gasteiger partial charge in [-0.05, 0) is 6.07 Å². The van der Waals surface area contributed by atoms with E-state index in [-0.39, 0.29) is 5.82 Å². The molecule has 3 unspecified atom stereocenters. The molecule has 16 nitrogen and oxygen atoms in total. The molecule has 0 amide bonds. The number of aliphatic hydroxyl groups excluding tert-OH is 1. The number of phosphoric ester groups is 1. The van der Waals surface area contributed by atoms with Gasteiger partial charge in [0.05, 0.1) is 0 Å². The fourth-order valence-electron chi connectivity index (χ4n) is 2.35. The lowest BCUT2D eigenvalue weighted by Crippen LogP contribution is -2.44. The van der Waals surface area contributed by atoms with E-state index in [1.165, 1.54) is 0 Å². The maximum Gasteiger partial charge on any atom is 0.490 e. The van der Waals surface area contributed by atoms with Crippen molar-refractivity contribution in [3.8, 4) is 12.3 Å². The molecule has 0 spiro atoms. The molecule has 1 aromatic rings. The standard InChI is InChI=1S/C11H15FN3O13P3/c1-2-11(5-25-30(21,22)28-31(23,24)27-29(18,19)20)8(16)7(12)9(26-11)15-4-3-6(13)14-10(15)17/h1,3-4,7-9,16H,5H2,(H,21,22)(H,23,24)(H2,13,14,17)(H2,18,19,20)/t7-,8-,9?,11+/m0/s1. The molecule has 2 heterocycles. The van der Waals surface area contributed by atoms with Gasteiger partial charge in [0.25, 0.3) is 0 Å². The Morgan fingerprint density at radius 1 is 1.29 bits per heavy atom. The average Bonchev–Trinajstić information content (AvgIpc) is 2.82. The highest BCUT2D eigenvalue weighted by molar-refractivity contribution is 7.66. The van der Waals surface area contributed by atoms with Gasteiger partial charge in [-0.1, -0.05) is 5.92 Å². The summed E-state index contributed by atoms with van der Waals surface area (Å²) in [6, 6.07) is 1.10. The summed E-state index contributed by atoms with van der Waals surface area (Å²) in [7, 11) is -17.1. The van der Waals surface area contributed by atoms with Gasteiger partial charge >= 0.3 is 29.2 Å². The Morgan fingerprint density at radius 3 is 2.42 bits per heavy atom. The fraction of sp³-hybridized carbons (Fsp3) is 0.455. The molecular weight excluding hydrogens is 494 g/mol. The predicted molar refractivity (Wildman–Crippen MR) is 95.3 cm³/mol. The molecule has 174 valence electrons. The zero-order chi connectivity index (χ0) is 23.8. The minimum atomic E-state index is -5.82. The van der Waals surface area contributed by atoms with E-state index in [1.54, 1.807) is 5.92 Å². The Kier molecular flexibility index (Phi) is 7.31. The number of aliphatic hydroxyl groups is 1. The first kappa shape index (κ1) is 25.8. The smallest absolute Gasteiger partial charge is 0.386 e. The van der Waals surface area contributed by atoms with Gasteiger partial charge in [0.2, 0.25) is 0 Å². The van der Waals surface area contributed by atoms with Crippen molar-refractivity contribution in [2.24, 2.45) is 0 Å². The molecular formula is C11H15FN3O13P3. The van der Waals surface area contributed by atoms with E-state index in [1.807, 2.05) is 0 Å². The summed E-state index contributed by atoms with van der Waals surface area (Å²) < 4.78 is 65.4. The van der Waals surface area contributed by atoms with Crippen LogP contribution in [0.15, 0.2) is 17.1 Å². The number of nitrogens with zero attached hydrogens (tertiary/aromatic N) is 2. The molecule has 1 saturated heterocycles. The molecule has 20 heteroatoms. The number of rotatable bonds is 8. The lowest BCUT2D eigenvalue weighted by atomic mass is 9.98. The second-order valence-electron chi connectivity index (χ2n) is 5.84. The van der Waals surface area contributed by atoms with Crippen LogP contribution in [-0.2, 0) is 31.6 Å². The molecule has 2 rings (SSSR count). The topological polar surface area (TPSA) is 250 Å². The Labute approximate surface area is 171 Å². The number of ether oxygens (including phenoxy) is 1. The summed E-state index contributed by atoms with van der Waals surface area (Å²) in [5.74, 6) is 1.59. The number of anilines is 1. The minimum absolute atomic E-state index is 0.203. The fourth-order valence-corrected chi connectivity index (χ4v) is 5.40. The van der Waals surface area contributed by atoms with Crippen molar-refractivity contribution >= 4 is 29.3 Å². The molecule has 0 radical (unpaired) electrons. The highest BCUT2D eigenvalue weighted by atomic mass is 31.3. The molecule has 31 heavy (non-hydrogen) atoms. The predicted octanol–water partition coefficient (Wildman–Crippen LogP) is -1.23. The number of hydrogen-bond acceptors (Lipinski definition) is 11. The van der Waals surface area contributed by atoms with Gasteiger partial charge in [-0.25, -0.2) is 22.9 Å². The van der Waals surface area contributed by atoms with E-state index in [0.29, 0.717) is 4.57 Å². The molecule has 1 aromatic heterocycles. The lowest BCUT2D eigenvalue weighted by molar-refractivity contribution is -0.0905. The second-order valence-corrected chi connectivity index (χ2v) is 10.3. The largest absolute Gasteiger partial charge is 0.490 e. The quantitative estimate of drug-likeness (QED) is 0.177. The van der Waals surface area contributed by atoms with Crippen molar-refractivity contribution in [2.45, 2.75) is 24.1 Å². The molecule has 0 bridgehead atoms. The van der Waals surface area contributed by atoms with Crippen LogP contribution >= 0.6 is 23.5 Å². The van der Waals surface area contributed by atoms with E-state index in [9.17, 15) is 32.9 Å². The van der Waals surface area contributed by atoms with Gasteiger partial charge in [0.1, 0.15) is 18.5 Å². The van der Waals surface area contributed by atoms with Gasteiger partial charge in [0, 0.05) is 6.20 Å². The number of nitrogen functional groups attached to an aromatic ring is 1. The van der Waals surface area contributed by atoms with Crippen molar-refractivity contribution in [3.05, 3.63) is 22.7 Å². The van der Waals surface area contributed by atoms with E-state index in [4.69, 9.17) is 31.6 Å². The third-order valence-electron chi connectivity index (χ3n) is 3.61. The van der Waals surface area contributed by atoms with E-state index >= 15 is 0 Å². The molecule has 6 atom stereocenters. The number of terminal acetylenes is 1. The molecule has 1 aliphatic heterocycles. The number of nitrogens with two attached hydrogens (primary N) is 1. The van der Waals surface area contributed by atoms with Gasteiger partial charge in [-0.2, -0.15) is 13.6 Å². The van der Waals surface area contributed by atoms with Gasteiger partial charge in [-0.3, -0.25) is 9.09 Å². The number of alkyl halides is 1. The third kappa shape index (κ3) is 6.27. The van der Waals surface area contributed by atoms with Gasteiger partial charge in [0.15, 0.2) is 18.0 Å². The van der Waals surface area contributed by atoms with E-state index < -0.39 is 59.9 Å². The van der Waals surface area contributed by atoms with E-state index in [0.717, 1.165) is 12.3 Å². The number of halogens is 1. The monoisotopic (exact) mass is 509 g/mol. The van der Waals surface area contributed by atoms with Crippen LogP contribution in [0, 0.1) is 12.3 Å². The lowest BCUT2D eigenvalue weighted by Gasteiger charge is -2.26. The van der Waals surface area contributed by atoms with Crippen LogP contribution in [0.3, 0.4) is 0 Å². The number of aromatic nitrogens is 2. The molecule has 1 fully saturated rings. The SMILES string of the molecule is C#C[C@]1(COP(=O)(O)OP(=O)(O)OP(=O)(O)O)OC(n2ccc(N)nc2=O)[C@@H](F)[C@@H]1O. The second kappa shape index (κ2) is 8.80. The van der Waals surface area contributed by atoms with Gasteiger partial charge in [-0.15, -0.1) is 6.42 Å². The first-order valence-electron chi connectivity index (χ1n) is 7.62. The van der Waals surface area contributed by atoms with Crippen LogP contribution in [0.4, 0.5) is 10.2 Å². The average molecular weight is 509 g/mol. The molecule has 1 aliphatic rings. The van der Waals surface area contributed by atoms with Crippen molar-refractivity contribution < 1.29 is 60.6 Å². The molecule has 7 N–H and O–H groups in total. The Hall–Kier alpha value is -1.50. The molecule has 0 aliphatic carbocycles. The summed E-state index contributed by atoms with van der Waals surface area (Å²) in [4.78, 5) is 50.8. The molecule has 0 aromatic carbocycles. The van der Waals surface area contributed by atoms with Gasteiger partial charge < -0.3 is 35.2 Å². The summed E-state index contributed by atoms with van der Waals surface area (Å²) in [5.41, 5.74) is 1.72. The van der Waals surface area contributed by atoms with E-state index in [2.05, 4.69) is 18.1 Å². The maximum absolute atomic E-state index is 14.6. The zero-order valence-corrected chi connectivity index (χ0v) is 17.5. The normalized spacial score (nSPS) is 30.3. The van der Waals surface area contributed by atoms with Crippen LogP contribution in [0.25, 0.3) is 0 Å². The summed E-state index contributed by atoms with van der Waals surface area (Å²) in [5, 5.41) is 10.1. The van der Waals surface area contributed by atoms with Crippen LogP contribution in [-0.4, -0.2) is 58.7 Å². The highest BCUT2D eigenvalue weighted by Gasteiger charge is 2.57. The Bertz CT molecular complexity index is 1080. The van der Waals surface area contributed by atoms with Crippen LogP contribution < -0.4 is 11.4 Å². The summed E-state index contributed by atoms with van der Waals surface area (Å²) in [6.07, 6.45) is -0.324. The van der Waals surface area contributed by atoms with Crippen molar-refractivity contribution in [1.29, 1.82) is 0 Å². The summed E-state index contributed by atoms with van der Waals surface area (Å²) in [6.45, 7) is -1.34. The Morgan fingerprint density at radius 2 is 1.90 bits per heavy atom.